The van der Waals surface area contributed by atoms with Crippen molar-refractivity contribution in [3.63, 3.8) is 0 Å². The highest BCUT2D eigenvalue weighted by Gasteiger charge is 2.21. The highest BCUT2D eigenvalue weighted by Crippen LogP contribution is 2.16. The molecule has 0 aliphatic rings. The van der Waals surface area contributed by atoms with Crippen molar-refractivity contribution in [1.29, 1.82) is 5.26 Å². The van der Waals surface area contributed by atoms with Crippen LogP contribution in [-0.4, -0.2) is 18.7 Å². The van der Waals surface area contributed by atoms with Gasteiger partial charge in [-0.3, -0.25) is 0 Å². The van der Waals surface area contributed by atoms with E-state index in [0.29, 0.717) is 6.42 Å². The molecule has 0 fully saturated rings. The van der Waals surface area contributed by atoms with Crippen LogP contribution in [0.4, 0.5) is 0 Å². The second kappa shape index (κ2) is 9.33. The lowest BCUT2D eigenvalue weighted by atomic mass is 10.3. The van der Waals surface area contributed by atoms with Gasteiger partial charge in [0.2, 0.25) is 0 Å². The molecule has 0 amide bonds. The molecule has 0 bridgehead atoms. The van der Waals surface area contributed by atoms with Crippen LogP contribution in [0.3, 0.4) is 0 Å². The van der Waals surface area contributed by atoms with Crippen molar-refractivity contribution in [3.05, 3.63) is 0 Å². The number of nitrogens with zero attached hydrogens (tertiary/aromatic N) is 1. The lowest BCUT2D eigenvalue weighted by Gasteiger charge is -2.36. The summed E-state index contributed by atoms with van der Waals surface area (Å²) in [6, 6.07) is 2.49. The fourth-order valence-corrected chi connectivity index (χ4v) is 2.59. The van der Waals surface area contributed by atoms with Crippen LogP contribution in [0.1, 0.15) is 34.1 Å². The SMILES string of the molecule is CC(C)[NH+](C(C)C)P([O-])OCCC#N.[Cl-]. The Morgan fingerprint density at radius 2 is 1.80 bits per heavy atom. The molecule has 6 heteroatoms. The minimum Gasteiger partial charge on any atom is -1.00 e. The fraction of sp³-hybridized carbons (Fsp3) is 0.889. The molecule has 4 nitrogen and oxygen atoms in total. The molecular formula is C9H19ClN2O2P-. The smallest absolute Gasteiger partial charge is 0.176 e. The Balaban J connectivity index is 0. The zero-order chi connectivity index (χ0) is 11.1. The first-order valence-electron chi connectivity index (χ1n) is 4.84. The second-order valence-electron chi connectivity index (χ2n) is 3.73. The van der Waals surface area contributed by atoms with Gasteiger partial charge < -0.3 is 26.5 Å². The van der Waals surface area contributed by atoms with E-state index < -0.39 is 8.53 Å². The van der Waals surface area contributed by atoms with Gasteiger partial charge in [-0.2, -0.15) is 5.26 Å². The van der Waals surface area contributed by atoms with E-state index in [-0.39, 0.29) is 31.1 Å². The predicted molar refractivity (Wildman–Crippen MR) is 54.3 cm³/mol. The van der Waals surface area contributed by atoms with Gasteiger partial charge in [0.05, 0.1) is 31.2 Å². The Hall–Kier alpha value is 0.0900. The first-order valence-corrected chi connectivity index (χ1v) is 6.02. The van der Waals surface area contributed by atoms with E-state index in [1.165, 1.54) is 0 Å². The van der Waals surface area contributed by atoms with E-state index in [1.807, 2.05) is 33.8 Å². The number of hydrogen-bond donors (Lipinski definition) is 1. The van der Waals surface area contributed by atoms with Crippen LogP contribution in [0.15, 0.2) is 0 Å². The summed E-state index contributed by atoms with van der Waals surface area (Å²) in [6.07, 6.45) is 0.296. The molecule has 0 aromatic carbocycles. The molecule has 0 aliphatic carbocycles. The summed E-state index contributed by atoms with van der Waals surface area (Å²) in [5.74, 6) is 0. The molecule has 0 spiro atoms. The largest absolute Gasteiger partial charge is 1.00 e. The Labute approximate surface area is 99.6 Å². The molecule has 0 heterocycles. The molecule has 0 aromatic rings. The molecule has 0 rings (SSSR count). The van der Waals surface area contributed by atoms with E-state index in [9.17, 15) is 4.89 Å². The maximum Gasteiger partial charge on any atom is 0.176 e. The lowest BCUT2D eigenvalue weighted by molar-refractivity contribution is -0.840. The standard InChI is InChI=1S/C9H18N2O2P.ClH/c1-8(2)11(9(3)4)14(12)13-7-5-6-10;/h8-9H,5,7H2,1-4H3;1H/q-1;. The van der Waals surface area contributed by atoms with Crippen molar-refractivity contribution in [1.82, 2.24) is 0 Å². The van der Waals surface area contributed by atoms with Crippen LogP contribution < -0.4 is 22.0 Å². The number of nitriles is 1. The van der Waals surface area contributed by atoms with Crippen LogP contribution >= 0.6 is 8.53 Å². The van der Waals surface area contributed by atoms with Crippen molar-refractivity contribution >= 4 is 8.53 Å². The second-order valence-corrected chi connectivity index (χ2v) is 5.02. The van der Waals surface area contributed by atoms with Gasteiger partial charge in [-0.05, 0) is 27.7 Å². The summed E-state index contributed by atoms with van der Waals surface area (Å²) in [4.78, 5) is 11.7. The third-order valence-corrected chi connectivity index (χ3v) is 3.69. The predicted octanol–water partition coefficient (Wildman–Crippen LogP) is -2.79. The summed E-state index contributed by atoms with van der Waals surface area (Å²) in [5.41, 5.74) is 0. The highest BCUT2D eigenvalue weighted by atomic mass is 35.5. The van der Waals surface area contributed by atoms with Gasteiger partial charge in [0.25, 0.3) is 0 Å². The molecule has 1 N–H and O–H groups in total. The first kappa shape index (κ1) is 17.5. The quantitative estimate of drug-likeness (QED) is 0.411. The molecule has 1 atom stereocenters. The van der Waals surface area contributed by atoms with Gasteiger partial charge in [-0.25, -0.2) is 0 Å². The average Bonchev–Trinajstić information content (AvgIpc) is 2.03. The Bertz CT molecular complexity index is 189. The Morgan fingerprint density at radius 3 is 2.13 bits per heavy atom. The molecular weight excluding hydrogens is 235 g/mol. The molecule has 1 unspecified atom stereocenters. The number of halogens is 1. The lowest BCUT2D eigenvalue weighted by Crippen LogP contribution is -3.13. The normalized spacial score (nSPS) is 12.7. The maximum atomic E-state index is 11.7. The molecule has 0 saturated heterocycles. The molecule has 0 saturated carbocycles. The van der Waals surface area contributed by atoms with Crippen LogP contribution in [0.2, 0.25) is 0 Å². The van der Waals surface area contributed by atoms with E-state index in [0.717, 1.165) is 4.67 Å². The number of quaternary nitrogens is 1. The van der Waals surface area contributed by atoms with Gasteiger partial charge in [0.1, 0.15) is 0 Å². The van der Waals surface area contributed by atoms with Crippen molar-refractivity contribution in [2.24, 2.45) is 0 Å². The minimum absolute atomic E-state index is 0. The molecule has 0 aromatic heterocycles. The van der Waals surface area contributed by atoms with Crippen LogP contribution in [0.25, 0.3) is 0 Å². The monoisotopic (exact) mass is 253 g/mol. The molecule has 0 radical (unpaired) electrons. The third kappa shape index (κ3) is 7.05. The minimum atomic E-state index is -1.72. The van der Waals surface area contributed by atoms with Crippen molar-refractivity contribution < 1.29 is 26.5 Å². The highest BCUT2D eigenvalue weighted by molar-refractivity contribution is 7.37. The Morgan fingerprint density at radius 1 is 1.33 bits per heavy atom. The zero-order valence-corrected chi connectivity index (χ0v) is 11.3. The topological polar surface area (TPSA) is 60.5 Å². The summed E-state index contributed by atoms with van der Waals surface area (Å²) in [6.45, 7) is 8.30. The average molecular weight is 254 g/mol. The molecule has 0 aliphatic heterocycles. The third-order valence-electron chi connectivity index (χ3n) is 1.82. The van der Waals surface area contributed by atoms with Crippen LogP contribution in [0, 0.1) is 11.3 Å². The number of rotatable bonds is 6. The number of nitrogens with one attached hydrogen (secondary N) is 1. The molecule has 90 valence electrons. The van der Waals surface area contributed by atoms with E-state index in [2.05, 4.69) is 0 Å². The maximum absolute atomic E-state index is 11.7. The van der Waals surface area contributed by atoms with Crippen molar-refractivity contribution in [2.45, 2.75) is 46.2 Å². The summed E-state index contributed by atoms with van der Waals surface area (Å²) < 4.78 is 6.06. The van der Waals surface area contributed by atoms with Gasteiger partial charge >= 0.3 is 0 Å². The van der Waals surface area contributed by atoms with Gasteiger partial charge in [-0.1, -0.05) is 0 Å². The van der Waals surface area contributed by atoms with Gasteiger partial charge in [-0.15, -0.1) is 0 Å². The summed E-state index contributed by atoms with van der Waals surface area (Å²) in [5, 5.41) is 8.30. The Kier molecular flexibility index (Phi) is 10.9. The van der Waals surface area contributed by atoms with Gasteiger partial charge in [0, 0.05) is 0 Å². The van der Waals surface area contributed by atoms with Crippen LogP contribution in [-0.2, 0) is 4.52 Å². The summed E-state index contributed by atoms with van der Waals surface area (Å²) in [7, 11) is -1.72. The van der Waals surface area contributed by atoms with Crippen molar-refractivity contribution in [2.75, 3.05) is 6.61 Å². The van der Waals surface area contributed by atoms with Crippen LogP contribution in [0.5, 0.6) is 0 Å². The molecule has 15 heavy (non-hydrogen) atoms. The number of hydrogen-bond acceptors (Lipinski definition) is 3. The van der Waals surface area contributed by atoms with E-state index in [1.54, 1.807) is 0 Å². The zero-order valence-electron chi connectivity index (χ0n) is 9.66. The first-order chi connectivity index (χ1) is 6.50. The van der Waals surface area contributed by atoms with E-state index >= 15 is 0 Å². The summed E-state index contributed by atoms with van der Waals surface area (Å²) >= 11 is 0. The van der Waals surface area contributed by atoms with Crippen molar-refractivity contribution in [3.8, 4) is 6.07 Å². The fourth-order valence-electron chi connectivity index (χ4n) is 1.34. The van der Waals surface area contributed by atoms with E-state index in [4.69, 9.17) is 9.79 Å². The van der Waals surface area contributed by atoms with Gasteiger partial charge in [0.15, 0.2) is 8.53 Å².